The van der Waals surface area contributed by atoms with Crippen LogP contribution in [0.5, 0.6) is 5.75 Å². The van der Waals surface area contributed by atoms with Gasteiger partial charge in [-0.05, 0) is 30.7 Å². The van der Waals surface area contributed by atoms with Crippen LogP contribution in [0, 0.1) is 6.92 Å². The Morgan fingerprint density at radius 3 is 2.52 bits per heavy atom. The molecule has 0 saturated carbocycles. The monoisotopic (exact) mass is 461 g/mol. The van der Waals surface area contributed by atoms with Crippen molar-refractivity contribution < 1.29 is 14.3 Å². The molecule has 162 valence electrons. The minimum absolute atomic E-state index is 0.0703. The number of halogens is 2. The van der Waals surface area contributed by atoms with Gasteiger partial charge >= 0.3 is 0 Å². The Bertz CT molecular complexity index is 1100. The van der Waals surface area contributed by atoms with Crippen LogP contribution in [0.25, 0.3) is 0 Å². The largest absolute Gasteiger partial charge is 0.495 e. The number of hydrazine groups is 1. The molecule has 1 aromatic heterocycles. The molecule has 0 atom stereocenters. The van der Waals surface area contributed by atoms with Gasteiger partial charge in [0.1, 0.15) is 16.5 Å². The molecule has 0 aliphatic carbocycles. The van der Waals surface area contributed by atoms with Gasteiger partial charge in [0.2, 0.25) is 0 Å². The van der Waals surface area contributed by atoms with Gasteiger partial charge in [-0.25, -0.2) is 4.68 Å². The first-order valence-corrected chi connectivity index (χ1v) is 10.1. The van der Waals surface area contributed by atoms with Crippen LogP contribution in [0.2, 0.25) is 10.2 Å². The lowest BCUT2D eigenvalue weighted by molar-refractivity contribution is -0.120. The first-order chi connectivity index (χ1) is 14.9. The highest BCUT2D eigenvalue weighted by Crippen LogP contribution is 2.24. The van der Waals surface area contributed by atoms with Crippen LogP contribution in [-0.2, 0) is 11.3 Å². The molecular formula is C21H21Cl2N5O3. The summed E-state index contributed by atoms with van der Waals surface area (Å²) in [5.74, 6) is -0.414. The number of carbonyl (C=O) groups is 2. The SMILES string of the molecule is COc1ccccc1NCC(=O)NNC(=O)c1c(C)nn(Cc2ccccc2Cl)c1Cl. The van der Waals surface area contributed by atoms with Crippen molar-refractivity contribution in [3.63, 3.8) is 0 Å². The number of aryl methyl sites for hydroxylation is 1. The molecule has 3 rings (SSSR count). The zero-order valence-corrected chi connectivity index (χ0v) is 18.4. The fourth-order valence-electron chi connectivity index (χ4n) is 2.90. The summed E-state index contributed by atoms with van der Waals surface area (Å²) in [7, 11) is 1.54. The van der Waals surface area contributed by atoms with E-state index in [4.69, 9.17) is 27.9 Å². The molecule has 0 spiro atoms. The smallest absolute Gasteiger partial charge is 0.274 e. The van der Waals surface area contributed by atoms with Gasteiger partial charge in [0.15, 0.2) is 0 Å². The maximum absolute atomic E-state index is 12.6. The lowest BCUT2D eigenvalue weighted by Crippen LogP contribution is -2.44. The maximum Gasteiger partial charge on any atom is 0.274 e. The number of para-hydroxylation sites is 2. The number of nitrogens with one attached hydrogen (secondary N) is 3. The molecule has 0 saturated heterocycles. The molecule has 0 aliphatic rings. The number of ether oxygens (including phenoxy) is 1. The Kier molecular flexibility index (Phi) is 7.38. The molecule has 3 aromatic rings. The van der Waals surface area contributed by atoms with Crippen LogP contribution in [0.4, 0.5) is 5.69 Å². The van der Waals surface area contributed by atoms with Crippen LogP contribution in [0.3, 0.4) is 0 Å². The highest BCUT2D eigenvalue weighted by atomic mass is 35.5. The molecule has 0 aliphatic heterocycles. The lowest BCUT2D eigenvalue weighted by Gasteiger charge is -2.11. The van der Waals surface area contributed by atoms with Gasteiger partial charge in [-0.1, -0.05) is 53.5 Å². The number of anilines is 1. The first kappa shape index (κ1) is 22.5. The number of rotatable bonds is 7. The van der Waals surface area contributed by atoms with E-state index in [1.165, 1.54) is 4.68 Å². The summed E-state index contributed by atoms with van der Waals surface area (Å²) in [6.07, 6.45) is 0. The molecule has 8 nitrogen and oxygen atoms in total. The number of nitrogens with zero attached hydrogens (tertiary/aromatic N) is 2. The normalized spacial score (nSPS) is 10.5. The highest BCUT2D eigenvalue weighted by molar-refractivity contribution is 6.33. The van der Waals surface area contributed by atoms with Crippen LogP contribution in [0.1, 0.15) is 21.6 Å². The standard InChI is InChI=1S/C21H21Cl2N5O3/c1-13-19(20(23)28(27-13)12-14-7-3-4-8-15(14)22)21(30)26-25-18(29)11-24-16-9-5-6-10-17(16)31-2/h3-10,24H,11-12H2,1-2H3,(H,25,29)(H,26,30). The molecule has 31 heavy (non-hydrogen) atoms. The number of benzene rings is 2. The summed E-state index contributed by atoms with van der Waals surface area (Å²) >= 11 is 12.6. The van der Waals surface area contributed by atoms with Crippen molar-refractivity contribution >= 4 is 40.7 Å². The molecule has 0 bridgehead atoms. The molecule has 1 heterocycles. The summed E-state index contributed by atoms with van der Waals surface area (Å²) in [5.41, 5.74) is 6.79. The quantitative estimate of drug-likeness (QED) is 0.468. The lowest BCUT2D eigenvalue weighted by atomic mass is 10.2. The Morgan fingerprint density at radius 2 is 1.77 bits per heavy atom. The van der Waals surface area contributed by atoms with Crippen molar-refractivity contribution in [3.8, 4) is 5.75 Å². The van der Waals surface area contributed by atoms with Crippen molar-refractivity contribution in [1.29, 1.82) is 0 Å². The van der Waals surface area contributed by atoms with E-state index in [2.05, 4.69) is 21.3 Å². The average Bonchev–Trinajstić information content (AvgIpc) is 3.05. The van der Waals surface area contributed by atoms with E-state index in [1.807, 2.05) is 30.3 Å². The van der Waals surface area contributed by atoms with Crippen molar-refractivity contribution in [2.24, 2.45) is 0 Å². The maximum atomic E-state index is 12.6. The Balaban J connectivity index is 1.60. The second-order valence-electron chi connectivity index (χ2n) is 6.56. The van der Waals surface area contributed by atoms with E-state index in [9.17, 15) is 9.59 Å². The molecule has 10 heteroatoms. The third kappa shape index (κ3) is 5.48. The molecule has 2 aromatic carbocycles. The minimum atomic E-state index is -0.571. The van der Waals surface area contributed by atoms with Gasteiger partial charge in [-0.2, -0.15) is 5.10 Å². The van der Waals surface area contributed by atoms with Gasteiger partial charge in [0.05, 0.1) is 31.6 Å². The second kappa shape index (κ2) is 10.2. The zero-order chi connectivity index (χ0) is 22.4. The highest BCUT2D eigenvalue weighted by Gasteiger charge is 2.21. The number of carbonyl (C=O) groups excluding carboxylic acids is 2. The summed E-state index contributed by atoms with van der Waals surface area (Å²) in [5, 5.41) is 7.99. The predicted octanol–water partition coefficient (Wildman–Crippen LogP) is 3.43. The summed E-state index contributed by atoms with van der Waals surface area (Å²) < 4.78 is 6.70. The summed E-state index contributed by atoms with van der Waals surface area (Å²) in [6.45, 7) is 1.90. The summed E-state index contributed by atoms with van der Waals surface area (Å²) in [6, 6.07) is 14.5. The van der Waals surface area contributed by atoms with Gasteiger partial charge in [0, 0.05) is 5.02 Å². The van der Waals surface area contributed by atoms with Gasteiger partial charge < -0.3 is 10.1 Å². The zero-order valence-electron chi connectivity index (χ0n) is 16.9. The van der Waals surface area contributed by atoms with E-state index < -0.39 is 11.8 Å². The molecule has 0 radical (unpaired) electrons. The van der Waals surface area contributed by atoms with Crippen molar-refractivity contribution in [1.82, 2.24) is 20.6 Å². The minimum Gasteiger partial charge on any atom is -0.495 e. The van der Waals surface area contributed by atoms with Gasteiger partial charge in [0.25, 0.3) is 11.8 Å². The van der Waals surface area contributed by atoms with Crippen molar-refractivity contribution in [3.05, 3.63) is 75.5 Å². The fourth-order valence-corrected chi connectivity index (χ4v) is 3.42. The first-order valence-electron chi connectivity index (χ1n) is 9.33. The third-order valence-electron chi connectivity index (χ3n) is 4.43. The molecule has 0 fully saturated rings. The number of hydrogen-bond donors (Lipinski definition) is 3. The molecular weight excluding hydrogens is 441 g/mol. The average molecular weight is 462 g/mol. The molecule has 0 unspecified atom stereocenters. The van der Waals surface area contributed by atoms with Crippen molar-refractivity contribution in [2.75, 3.05) is 19.0 Å². The van der Waals surface area contributed by atoms with E-state index in [0.717, 1.165) is 5.56 Å². The fraction of sp³-hybridized carbons (Fsp3) is 0.190. The number of amides is 2. The Morgan fingerprint density at radius 1 is 1.06 bits per heavy atom. The Hall–Kier alpha value is -3.23. The van der Waals surface area contributed by atoms with Gasteiger partial charge in [-0.15, -0.1) is 0 Å². The molecule has 3 N–H and O–H groups in total. The topological polar surface area (TPSA) is 97.3 Å². The van der Waals surface area contributed by atoms with Crippen LogP contribution >= 0.6 is 23.2 Å². The predicted molar refractivity (Wildman–Crippen MR) is 120 cm³/mol. The molecule has 2 amide bonds. The van der Waals surface area contributed by atoms with Crippen LogP contribution < -0.4 is 20.9 Å². The summed E-state index contributed by atoms with van der Waals surface area (Å²) in [4.78, 5) is 24.7. The van der Waals surface area contributed by atoms with E-state index in [1.54, 1.807) is 32.2 Å². The van der Waals surface area contributed by atoms with Gasteiger partial charge in [-0.3, -0.25) is 20.4 Å². The van der Waals surface area contributed by atoms with E-state index in [0.29, 0.717) is 28.7 Å². The van der Waals surface area contributed by atoms with Crippen molar-refractivity contribution in [2.45, 2.75) is 13.5 Å². The number of methoxy groups -OCH3 is 1. The Labute approximate surface area is 189 Å². The van der Waals surface area contributed by atoms with Crippen LogP contribution in [-0.4, -0.2) is 35.2 Å². The number of hydrogen-bond acceptors (Lipinski definition) is 5. The van der Waals surface area contributed by atoms with Crippen LogP contribution in [0.15, 0.2) is 48.5 Å². The van der Waals surface area contributed by atoms with E-state index in [-0.39, 0.29) is 17.3 Å². The third-order valence-corrected chi connectivity index (χ3v) is 5.19. The second-order valence-corrected chi connectivity index (χ2v) is 7.32. The van der Waals surface area contributed by atoms with E-state index >= 15 is 0 Å². The number of aromatic nitrogens is 2.